The average molecular weight is 232 g/mol. The maximum atomic E-state index is 13.3. The van der Waals surface area contributed by atoms with E-state index in [9.17, 15) is 18.3 Å². The Kier molecular flexibility index (Phi) is 3.63. The number of hydrogen-bond donors (Lipinski definition) is 1. The first-order valence-electron chi connectivity index (χ1n) is 5.04. The van der Waals surface area contributed by atoms with E-state index in [2.05, 4.69) is 0 Å². The zero-order chi connectivity index (χ0) is 12.5. The summed E-state index contributed by atoms with van der Waals surface area (Å²) in [6.45, 7) is 5.61. The van der Waals surface area contributed by atoms with Gasteiger partial charge in [-0.05, 0) is 17.9 Å². The molecule has 0 amide bonds. The number of benzene rings is 1. The Labute approximate surface area is 92.9 Å². The third kappa shape index (κ3) is 2.98. The van der Waals surface area contributed by atoms with E-state index in [1.54, 1.807) is 0 Å². The minimum absolute atomic E-state index is 0.200. The van der Waals surface area contributed by atoms with Gasteiger partial charge in [0, 0.05) is 5.56 Å². The number of aliphatic hydroxyl groups excluding tert-OH is 1. The average Bonchev–Trinajstić information content (AvgIpc) is 2.11. The summed E-state index contributed by atoms with van der Waals surface area (Å²) in [6.07, 6.45) is -0.857. The molecule has 1 rings (SSSR count). The van der Waals surface area contributed by atoms with Crippen LogP contribution < -0.4 is 0 Å². The van der Waals surface area contributed by atoms with Gasteiger partial charge in [-0.2, -0.15) is 0 Å². The summed E-state index contributed by atoms with van der Waals surface area (Å²) < 4.78 is 38.9. The van der Waals surface area contributed by atoms with Crippen molar-refractivity contribution in [3.63, 3.8) is 0 Å². The fourth-order valence-corrected chi connectivity index (χ4v) is 1.49. The third-order valence-electron chi connectivity index (χ3n) is 2.23. The van der Waals surface area contributed by atoms with Gasteiger partial charge in [0.25, 0.3) is 0 Å². The summed E-state index contributed by atoms with van der Waals surface area (Å²) >= 11 is 0. The highest BCUT2D eigenvalue weighted by Crippen LogP contribution is 2.31. The summed E-state index contributed by atoms with van der Waals surface area (Å²) in [5, 5.41) is 9.72. The molecule has 90 valence electrons. The van der Waals surface area contributed by atoms with Gasteiger partial charge in [0.2, 0.25) is 0 Å². The molecule has 16 heavy (non-hydrogen) atoms. The van der Waals surface area contributed by atoms with E-state index in [0.29, 0.717) is 0 Å². The summed E-state index contributed by atoms with van der Waals surface area (Å²) in [5.41, 5.74) is -0.426. The molecule has 0 aromatic heterocycles. The summed E-state index contributed by atoms with van der Waals surface area (Å²) in [5.74, 6) is -4.09. The molecule has 1 unspecified atom stereocenters. The van der Waals surface area contributed by atoms with Crippen molar-refractivity contribution in [1.82, 2.24) is 0 Å². The van der Waals surface area contributed by atoms with Gasteiger partial charge in [-0.15, -0.1) is 0 Å². The molecule has 4 heteroatoms. The fraction of sp³-hybridized carbons (Fsp3) is 0.500. The Hall–Kier alpha value is -1.03. The smallest absolute Gasteiger partial charge is 0.194 e. The van der Waals surface area contributed by atoms with Crippen LogP contribution >= 0.6 is 0 Å². The van der Waals surface area contributed by atoms with E-state index in [1.165, 1.54) is 0 Å². The second-order valence-electron chi connectivity index (χ2n) is 5.05. The molecule has 0 aliphatic heterocycles. The number of halogens is 3. The molecular weight excluding hydrogens is 217 g/mol. The Morgan fingerprint density at radius 2 is 1.69 bits per heavy atom. The zero-order valence-corrected chi connectivity index (χ0v) is 9.52. The van der Waals surface area contributed by atoms with Gasteiger partial charge >= 0.3 is 0 Å². The lowest BCUT2D eigenvalue weighted by Gasteiger charge is -2.22. The Bertz CT molecular complexity index is 383. The molecule has 0 fully saturated rings. The van der Waals surface area contributed by atoms with Gasteiger partial charge < -0.3 is 5.11 Å². The van der Waals surface area contributed by atoms with E-state index in [0.717, 1.165) is 12.1 Å². The molecule has 0 spiro atoms. The van der Waals surface area contributed by atoms with E-state index >= 15 is 0 Å². The first-order valence-corrected chi connectivity index (χ1v) is 5.04. The molecule has 1 nitrogen and oxygen atoms in total. The van der Waals surface area contributed by atoms with Crippen molar-refractivity contribution < 1.29 is 18.3 Å². The van der Waals surface area contributed by atoms with Crippen molar-refractivity contribution in [3.8, 4) is 0 Å². The van der Waals surface area contributed by atoms with Crippen molar-refractivity contribution in [3.05, 3.63) is 35.1 Å². The van der Waals surface area contributed by atoms with Gasteiger partial charge in [-0.1, -0.05) is 26.8 Å². The van der Waals surface area contributed by atoms with E-state index in [-0.39, 0.29) is 17.4 Å². The highest BCUT2D eigenvalue weighted by Gasteiger charge is 2.23. The van der Waals surface area contributed by atoms with Crippen LogP contribution in [0.25, 0.3) is 0 Å². The molecule has 0 heterocycles. The summed E-state index contributed by atoms with van der Waals surface area (Å²) in [7, 11) is 0. The topological polar surface area (TPSA) is 20.2 Å². The molecule has 0 aliphatic carbocycles. The lowest BCUT2D eigenvalue weighted by atomic mass is 9.87. The highest BCUT2D eigenvalue weighted by atomic mass is 19.2. The van der Waals surface area contributed by atoms with Crippen LogP contribution in [0.1, 0.15) is 38.9 Å². The Morgan fingerprint density at radius 3 is 2.19 bits per heavy atom. The molecule has 0 aliphatic rings. The molecule has 1 N–H and O–H groups in total. The van der Waals surface area contributed by atoms with E-state index in [1.807, 2.05) is 20.8 Å². The summed E-state index contributed by atoms with van der Waals surface area (Å²) in [6, 6.07) is 1.89. The van der Waals surface area contributed by atoms with E-state index in [4.69, 9.17) is 0 Å². The van der Waals surface area contributed by atoms with Crippen molar-refractivity contribution in [1.29, 1.82) is 0 Å². The lowest BCUT2D eigenvalue weighted by molar-refractivity contribution is 0.117. The van der Waals surface area contributed by atoms with Gasteiger partial charge in [0.1, 0.15) is 0 Å². The molecule has 0 saturated carbocycles. The first kappa shape index (κ1) is 13.0. The molecule has 0 saturated heterocycles. The normalized spacial score (nSPS) is 13.9. The second kappa shape index (κ2) is 4.45. The molecule has 0 radical (unpaired) electrons. The SMILES string of the molecule is CC(C)(C)CC(O)c1ccc(F)c(F)c1F. The maximum absolute atomic E-state index is 13.3. The number of aliphatic hydroxyl groups is 1. The van der Waals surface area contributed by atoms with Gasteiger partial charge in [-0.3, -0.25) is 0 Å². The van der Waals surface area contributed by atoms with E-state index < -0.39 is 23.6 Å². The third-order valence-corrected chi connectivity index (χ3v) is 2.23. The van der Waals surface area contributed by atoms with Crippen LogP contribution in [-0.2, 0) is 0 Å². The Balaban J connectivity index is 3.01. The van der Waals surface area contributed by atoms with Crippen LogP contribution in [0, 0.1) is 22.9 Å². The number of rotatable bonds is 2. The first-order chi connectivity index (χ1) is 7.22. The van der Waals surface area contributed by atoms with Gasteiger partial charge in [0.15, 0.2) is 17.5 Å². The van der Waals surface area contributed by atoms with Gasteiger partial charge in [0.05, 0.1) is 6.10 Å². The standard InChI is InChI=1S/C12H15F3O/c1-12(2,3)6-9(16)7-4-5-8(13)11(15)10(7)14/h4-5,9,16H,6H2,1-3H3. The lowest BCUT2D eigenvalue weighted by Crippen LogP contribution is -2.13. The van der Waals surface area contributed by atoms with Crippen molar-refractivity contribution >= 4 is 0 Å². The summed E-state index contributed by atoms with van der Waals surface area (Å²) in [4.78, 5) is 0. The molecular formula is C12H15F3O. The Morgan fingerprint density at radius 1 is 1.12 bits per heavy atom. The highest BCUT2D eigenvalue weighted by molar-refractivity contribution is 5.22. The molecule has 1 atom stereocenters. The second-order valence-corrected chi connectivity index (χ2v) is 5.05. The molecule has 1 aromatic rings. The van der Waals surface area contributed by atoms with Crippen molar-refractivity contribution in [2.75, 3.05) is 0 Å². The van der Waals surface area contributed by atoms with Crippen LogP contribution in [0.15, 0.2) is 12.1 Å². The minimum atomic E-state index is -1.54. The minimum Gasteiger partial charge on any atom is -0.388 e. The van der Waals surface area contributed by atoms with Crippen LogP contribution in [-0.4, -0.2) is 5.11 Å². The predicted molar refractivity (Wildman–Crippen MR) is 55.3 cm³/mol. The van der Waals surface area contributed by atoms with Crippen LogP contribution in [0.5, 0.6) is 0 Å². The quantitative estimate of drug-likeness (QED) is 0.773. The van der Waals surface area contributed by atoms with Crippen LogP contribution in [0.4, 0.5) is 13.2 Å². The van der Waals surface area contributed by atoms with Gasteiger partial charge in [-0.25, -0.2) is 13.2 Å². The van der Waals surface area contributed by atoms with Crippen LogP contribution in [0.3, 0.4) is 0 Å². The monoisotopic (exact) mass is 232 g/mol. The molecule has 1 aromatic carbocycles. The maximum Gasteiger partial charge on any atom is 0.194 e. The largest absolute Gasteiger partial charge is 0.388 e. The predicted octanol–water partition coefficient (Wildman–Crippen LogP) is 3.57. The van der Waals surface area contributed by atoms with Crippen molar-refractivity contribution in [2.24, 2.45) is 5.41 Å². The van der Waals surface area contributed by atoms with Crippen molar-refractivity contribution in [2.45, 2.75) is 33.3 Å². The number of hydrogen-bond acceptors (Lipinski definition) is 1. The molecule has 0 bridgehead atoms. The fourth-order valence-electron chi connectivity index (χ4n) is 1.49. The van der Waals surface area contributed by atoms with Crippen LogP contribution in [0.2, 0.25) is 0 Å². The zero-order valence-electron chi connectivity index (χ0n) is 9.52.